The minimum atomic E-state index is -0.127. The number of hydrogen-bond acceptors (Lipinski definition) is 3. The average molecular weight is 166 g/mol. The summed E-state index contributed by atoms with van der Waals surface area (Å²) in [6.45, 7) is 1.74. The average Bonchev–Trinajstić information content (AvgIpc) is 2.03. The molecule has 0 aliphatic carbocycles. The van der Waals surface area contributed by atoms with Gasteiger partial charge in [-0.1, -0.05) is 6.07 Å². The molecule has 0 unspecified atom stereocenters. The van der Waals surface area contributed by atoms with Crippen molar-refractivity contribution < 1.29 is 9.90 Å². The van der Waals surface area contributed by atoms with Gasteiger partial charge in [-0.2, -0.15) is 0 Å². The fourth-order valence-electron chi connectivity index (χ4n) is 0.788. The molecule has 4 nitrogen and oxygen atoms in total. The van der Waals surface area contributed by atoms with Crippen molar-refractivity contribution in [3.05, 3.63) is 23.9 Å². The number of nitrogens with one attached hydrogen (secondary N) is 1. The molecule has 64 valence electrons. The maximum Gasteiger partial charge on any atom is 0.217 e. The molecule has 0 aliphatic heterocycles. The van der Waals surface area contributed by atoms with Crippen molar-refractivity contribution in [3.63, 3.8) is 0 Å². The topological polar surface area (TPSA) is 62.2 Å². The summed E-state index contributed by atoms with van der Waals surface area (Å²) in [6, 6.07) is 3.41. The first-order chi connectivity index (χ1) is 5.70. The van der Waals surface area contributed by atoms with Gasteiger partial charge in [0.2, 0.25) is 11.8 Å². The Hall–Kier alpha value is -1.58. The Morgan fingerprint density at radius 2 is 2.50 bits per heavy atom. The van der Waals surface area contributed by atoms with Gasteiger partial charge in [-0.25, -0.2) is 4.98 Å². The first kappa shape index (κ1) is 8.52. The highest BCUT2D eigenvalue weighted by Crippen LogP contribution is 2.10. The van der Waals surface area contributed by atoms with E-state index < -0.39 is 0 Å². The van der Waals surface area contributed by atoms with Crippen LogP contribution < -0.4 is 5.32 Å². The Morgan fingerprint density at radius 3 is 3.08 bits per heavy atom. The van der Waals surface area contributed by atoms with Crippen LogP contribution in [0.15, 0.2) is 18.3 Å². The lowest BCUT2D eigenvalue weighted by molar-refractivity contribution is -0.119. The van der Waals surface area contributed by atoms with Gasteiger partial charge in [-0.05, 0) is 6.07 Å². The molecule has 0 aromatic carbocycles. The maximum absolute atomic E-state index is 10.5. The molecule has 1 heterocycles. The highest BCUT2D eigenvalue weighted by atomic mass is 16.3. The summed E-state index contributed by atoms with van der Waals surface area (Å²) in [5.41, 5.74) is 0.618. The lowest BCUT2D eigenvalue weighted by Crippen LogP contribution is -2.18. The fraction of sp³-hybridized carbons (Fsp3) is 0.250. The van der Waals surface area contributed by atoms with Crippen molar-refractivity contribution in [2.45, 2.75) is 13.5 Å². The Kier molecular flexibility index (Phi) is 2.63. The Balaban J connectivity index is 2.63. The summed E-state index contributed by atoms with van der Waals surface area (Å²) in [5, 5.41) is 11.7. The highest BCUT2D eigenvalue weighted by molar-refractivity contribution is 5.72. The van der Waals surface area contributed by atoms with Gasteiger partial charge in [0.15, 0.2) is 0 Å². The third-order valence-electron chi connectivity index (χ3n) is 1.40. The number of pyridine rings is 1. The molecular formula is C8H10N2O2. The molecule has 1 aromatic heterocycles. The quantitative estimate of drug-likeness (QED) is 0.669. The monoisotopic (exact) mass is 166 g/mol. The minimum Gasteiger partial charge on any atom is -0.493 e. The van der Waals surface area contributed by atoms with E-state index in [2.05, 4.69) is 10.3 Å². The van der Waals surface area contributed by atoms with E-state index >= 15 is 0 Å². The normalized spacial score (nSPS) is 9.42. The fourth-order valence-corrected chi connectivity index (χ4v) is 0.788. The second kappa shape index (κ2) is 3.71. The summed E-state index contributed by atoms with van der Waals surface area (Å²) in [7, 11) is 0. The van der Waals surface area contributed by atoms with Crippen LogP contribution >= 0.6 is 0 Å². The molecule has 1 rings (SSSR count). The number of carbonyl (C=O) groups is 1. The third-order valence-corrected chi connectivity index (χ3v) is 1.40. The molecule has 0 fully saturated rings. The third kappa shape index (κ3) is 2.23. The largest absolute Gasteiger partial charge is 0.493 e. The number of aromatic nitrogens is 1. The molecule has 0 bridgehead atoms. The van der Waals surface area contributed by atoms with Crippen molar-refractivity contribution in [3.8, 4) is 5.88 Å². The summed E-state index contributed by atoms with van der Waals surface area (Å²) in [6.07, 6.45) is 1.49. The van der Waals surface area contributed by atoms with Crippen molar-refractivity contribution >= 4 is 5.91 Å². The Bertz CT molecular complexity index is 286. The van der Waals surface area contributed by atoms with E-state index in [-0.39, 0.29) is 11.8 Å². The van der Waals surface area contributed by atoms with Crippen molar-refractivity contribution in [1.29, 1.82) is 0 Å². The van der Waals surface area contributed by atoms with Gasteiger partial charge in [0.05, 0.1) is 0 Å². The molecule has 12 heavy (non-hydrogen) atoms. The summed E-state index contributed by atoms with van der Waals surface area (Å²) in [4.78, 5) is 14.2. The van der Waals surface area contributed by atoms with Crippen LogP contribution in [0.3, 0.4) is 0 Å². The lowest BCUT2D eigenvalue weighted by atomic mass is 10.3. The van der Waals surface area contributed by atoms with Gasteiger partial charge in [0, 0.05) is 25.2 Å². The lowest BCUT2D eigenvalue weighted by Gasteiger charge is -2.02. The molecular weight excluding hydrogens is 156 g/mol. The van der Waals surface area contributed by atoms with Gasteiger partial charge in [0.1, 0.15) is 0 Å². The molecule has 2 N–H and O–H groups in total. The van der Waals surface area contributed by atoms with E-state index in [4.69, 9.17) is 5.11 Å². The van der Waals surface area contributed by atoms with E-state index in [1.54, 1.807) is 12.1 Å². The standard InChI is InChI=1S/C8H10N2O2/c1-6(11)10-5-7-3-2-4-9-8(7)12/h2-4H,5H2,1H3,(H,9,12)(H,10,11). The van der Waals surface area contributed by atoms with E-state index in [0.717, 1.165) is 0 Å². The molecule has 1 amide bonds. The maximum atomic E-state index is 10.5. The van der Waals surface area contributed by atoms with Crippen LogP contribution in [-0.2, 0) is 11.3 Å². The van der Waals surface area contributed by atoms with E-state index in [0.29, 0.717) is 12.1 Å². The zero-order valence-corrected chi connectivity index (χ0v) is 6.74. The van der Waals surface area contributed by atoms with Gasteiger partial charge in [-0.15, -0.1) is 0 Å². The van der Waals surface area contributed by atoms with Gasteiger partial charge < -0.3 is 10.4 Å². The highest BCUT2D eigenvalue weighted by Gasteiger charge is 2.00. The van der Waals surface area contributed by atoms with Gasteiger partial charge >= 0.3 is 0 Å². The number of carbonyl (C=O) groups excluding carboxylic acids is 1. The molecule has 4 heteroatoms. The van der Waals surface area contributed by atoms with Crippen LogP contribution in [0.2, 0.25) is 0 Å². The summed E-state index contributed by atoms with van der Waals surface area (Å²) in [5.74, 6) is -0.162. The van der Waals surface area contributed by atoms with Crippen LogP contribution in [0, 0.1) is 0 Å². The van der Waals surface area contributed by atoms with Gasteiger partial charge in [0.25, 0.3) is 0 Å². The molecule has 0 radical (unpaired) electrons. The van der Waals surface area contributed by atoms with Gasteiger partial charge in [-0.3, -0.25) is 4.79 Å². The number of aromatic hydroxyl groups is 1. The van der Waals surface area contributed by atoms with Crippen LogP contribution in [0.5, 0.6) is 5.88 Å². The number of amides is 1. The molecule has 0 saturated carbocycles. The van der Waals surface area contributed by atoms with Crippen LogP contribution in [0.4, 0.5) is 0 Å². The van der Waals surface area contributed by atoms with E-state index in [9.17, 15) is 4.79 Å². The zero-order valence-electron chi connectivity index (χ0n) is 6.74. The SMILES string of the molecule is CC(=O)NCc1cccnc1O. The van der Waals surface area contributed by atoms with Crippen molar-refractivity contribution in [2.75, 3.05) is 0 Å². The zero-order chi connectivity index (χ0) is 8.97. The van der Waals surface area contributed by atoms with Crippen LogP contribution in [-0.4, -0.2) is 16.0 Å². The second-order valence-corrected chi connectivity index (χ2v) is 2.40. The molecule has 0 atom stereocenters. The molecule has 0 spiro atoms. The van der Waals surface area contributed by atoms with Crippen molar-refractivity contribution in [2.24, 2.45) is 0 Å². The number of hydrogen-bond donors (Lipinski definition) is 2. The predicted molar refractivity (Wildman–Crippen MR) is 43.4 cm³/mol. The summed E-state index contributed by atoms with van der Waals surface area (Å²) < 4.78 is 0. The smallest absolute Gasteiger partial charge is 0.217 e. The second-order valence-electron chi connectivity index (χ2n) is 2.40. The molecule has 1 aromatic rings. The molecule has 0 aliphatic rings. The minimum absolute atomic E-state index is 0.0359. The summed E-state index contributed by atoms with van der Waals surface area (Å²) >= 11 is 0. The van der Waals surface area contributed by atoms with E-state index in [1.807, 2.05) is 0 Å². The predicted octanol–water partition coefficient (Wildman–Crippen LogP) is 0.423. The van der Waals surface area contributed by atoms with Crippen LogP contribution in [0.1, 0.15) is 12.5 Å². The van der Waals surface area contributed by atoms with Crippen LogP contribution in [0.25, 0.3) is 0 Å². The Labute approximate surface area is 70.3 Å². The van der Waals surface area contributed by atoms with Crippen molar-refractivity contribution in [1.82, 2.24) is 10.3 Å². The molecule has 0 saturated heterocycles. The Morgan fingerprint density at radius 1 is 1.75 bits per heavy atom. The number of rotatable bonds is 2. The first-order valence-electron chi connectivity index (χ1n) is 3.57. The van der Waals surface area contributed by atoms with E-state index in [1.165, 1.54) is 13.1 Å². The number of nitrogens with zero attached hydrogens (tertiary/aromatic N) is 1. The first-order valence-corrected chi connectivity index (χ1v) is 3.57.